The highest BCUT2D eigenvalue weighted by Gasteiger charge is 2.23. The molecule has 0 atom stereocenters. The van der Waals surface area contributed by atoms with Gasteiger partial charge in [-0.2, -0.15) is 0 Å². The standard InChI is InChI=1S/C17H16N2O4.ClH/c1-18(2)10-13-12-8-15(11-6-4-3-5-7-11)23-16(12)9-14(17(13)20)19(21)22;/h3-9,20H,10H2,1-2H3;1H. The number of rotatable bonds is 4. The molecular weight excluding hydrogens is 332 g/mol. The van der Waals surface area contributed by atoms with Crippen molar-refractivity contribution in [1.29, 1.82) is 0 Å². The fourth-order valence-electron chi connectivity index (χ4n) is 2.58. The predicted molar refractivity (Wildman–Crippen MR) is 94.6 cm³/mol. The normalized spacial score (nSPS) is 10.8. The number of phenolic OH excluding ortho intramolecular Hbond substituents is 1. The number of furan rings is 1. The van der Waals surface area contributed by atoms with E-state index in [9.17, 15) is 15.2 Å². The lowest BCUT2D eigenvalue weighted by Gasteiger charge is -2.12. The van der Waals surface area contributed by atoms with Gasteiger partial charge in [-0.15, -0.1) is 12.4 Å². The maximum absolute atomic E-state index is 11.2. The van der Waals surface area contributed by atoms with Crippen molar-refractivity contribution in [3.05, 3.63) is 58.1 Å². The second kappa shape index (κ2) is 6.90. The van der Waals surface area contributed by atoms with Crippen molar-refractivity contribution in [2.45, 2.75) is 6.54 Å². The molecule has 0 aliphatic carbocycles. The SMILES string of the molecule is CN(C)Cc1c(O)c([N+](=O)[O-])cc2oc(-c3ccccc3)cc12.Cl. The van der Waals surface area contributed by atoms with Crippen LogP contribution in [0.15, 0.2) is 46.9 Å². The Balaban J connectivity index is 0.00000208. The van der Waals surface area contributed by atoms with Gasteiger partial charge in [0, 0.05) is 23.1 Å². The summed E-state index contributed by atoms with van der Waals surface area (Å²) in [5.41, 5.74) is 1.42. The fourth-order valence-corrected chi connectivity index (χ4v) is 2.58. The molecule has 0 aliphatic heterocycles. The number of benzene rings is 2. The first-order chi connectivity index (χ1) is 11.0. The van der Waals surface area contributed by atoms with E-state index in [4.69, 9.17) is 4.42 Å². The minimum atomic E-state index is -0.599. The summed E-state index contributed by atoms with van der Waals surface area (Å²) in [5, 5.41) is 22.1. The zero-order valence-corrected chi connectivity index (χ0v) is 14.0. The molecule has 2 aromatic carbocycles. The molecule has 0 radical (unpaired) electrons. The molecule has 126 valence electrons. The Morgan fingerprint density at radius 3 is 2.46 bits per heavy atom. The van der Waals surface area contributed by atoms with Crippen LogP contribution in [0, 0.1) is 10.1 Å². The third kappa shape index (κ3) is 3.20. The van der Waals surface area contributed by atoms with E-state index in [-0.39, 0.29) is 23.8 Å². The Morgan fingerprint density at radius 2 is 1.88 bits per heavy atom. The lowest BCUT2D eigenvalue weighted by molar-refractivity contribution is -0.385. The Morgan fingerprint density at radius 1 is 1.21 bits per heavy atom. The van der Waals surface area contributed by atoms with Crippen molar-refractivity contribution in [1.82, 2.24) is 4.90 Å². The van der Waals surface area contributed by atoms with E-state index in [1.54, 1.807) is 0 Å². The van der Waals surface area contributed by atoms with Gasteiger partial charge in [-0.25, -0.2) is 0 Å². The summed E-state index contributed by atoms with van der Waals surface area (Å²) in [7, 11) is 3.67. The molecule has 3 rings (SSSR count). The van der Waals surface area contributed by atoms with Crippen molar-refractivity contribution >= 4 is 29.1 Å². The number of aromatic hydroxyl groups is 1. The second-order valence-electron chi connectivity index (χ2n) is 5.61. The summed E-state index contributed by atoms with van der Waals surface area (Å²) < 4.78 is 5.79. The average Bonchev–Trinajstić information content (AvgIpc) is 2.94. The molecule has 1 N–H and O–H groups in total. The van der Waals surface area contributed by atoms with Crippen LogP contribution in [0.4, 0.5) is 5.69 Å². The van der Waals surface area contributed by atoms with Crippen LogP contribution in [-0.4, -0.2) is 29.0 Å². The van der Waals surface area contributed by atoms with E-state index >= 15 is 0 Å². The molecular formula is C17H17ClN2O4. The van der Waals surface area contributed by atoms with Crippen LogP contribution in [0.2, 0.25) is 0 Å². The molecule has 0 bridgehead atoms. The molecule has 0 aliphatic rings. The summed E-state index contributed by atoms with van der Waals surface area (Å²) in [6, 6.07) is 12.6. The van der Waals surface area contributed by atoms with Crippen LogP contribution < -0.4 is 0 Å². The van der Waals surface area contributed by atoms with E-state index in [0.29, 0.717) is 28.8 Å². The van der Waals surface area contributed by atoms with Crippen LogP contribution in [0.25, 0.3) is 22.3 Å². The van der Waals surface area contributed by atoms with Crippen molar-refractivity contribution in [2.24, 2.45) is 0 Å². The minimum Gasteiger partial charge on any atom is -0.502 e. The third-order valence-corrected chi connectivity index (χ3v) is 3.61. The molecule has 0 saturated heterocycles. The number of hydrogen-bond donors (Lipinski definition) is 1. The van der Waals surface area contributed by atoms with Crippen molar-refractivity contribution < 1.29 is 14.4 Å². The Kier molecular flexibility index (Phi) is 5.11. The van der Waals surface area contributed by atoms with Gasteiger partial charge in [0.05, 0.1) is 11.0 Å². The number of halogens is 1. The van der Waals surface area contributed by atoms with Gasteiger partial charge in [-0.1, -0.05) is 30.3 Å². The lowest BCUT2D eigenvalue weighted by Crippen LogP contribution is -2.11. The highest BCUT2D eigenvalue weighted by molar-refractivity contribution is 5.90. The lowest BCUT2D eigenvalue weighted by atomic mass is 10.1. The number of fused-ring (bicyclic) bond motifs is 1. The highest BCUT2D eigenvalue weighted by Crippen LogP contribution is 2.40. The zero-order chi connectivity index (χ0) is 16.6. The molecule has 0 saturated carbocycles. The molecule has 3 aromatic rings. The molecule has 24 heavy (non-hydrogen) atoms. The number of hydrogen-bond acceptors (Lipinski definition) is 5. The number of nitro groups is 1. The first kappa shape index (κ1) is 17.8. The van der Waals surface area contributed by atoms with Gasteiger partial charge >= 0.3 is 5.69 Å². The van der Waals surface area contributed by atoms with E-state index in [2.05, 4.69) is 0 Å². The Hall–Kier alpha value is -2.57. The van der Waals surface area contributed by atoms with Crippen LogP contribution in [0.5, 0.6) is 5.75 Å². The van der Waals surface area contributed by atoms with Gasteiger partial charge in [-0.05, 0) is 20.2 Å². The summed E-state index contributed by atoms with van der Waals surface area (Å²) in [6.07, 6.45) is 0. The molecule has 6 nitrogen and oxygen atoms in total. The van der Waals surface area contributed by atoms with Crippen molar-refractivity contribution in [3.8, 4) is 17.1 Å². The summed E-state index contributed by atoms with van der Waals surface area (Å²) >= 11 is 0. The molecule has 7 heteroatoms. The molecule has 0 amide bonds. The maximum atomic E-state index is 11.2. The first-order valence-electron chi connectivity index (χ1n) is 7.10. The second-order valence-corrected chi connectivity index (χ2v) is 5.61. The average molecular weight is 349 g/mol. The first-order valence-corrected chi connectivity index (χ1v) is 7.10. The van der Waals surface area contributed by atoms with Crippen LogP contribution in [0.3, 0.4) is 0 Å². The smallest absolute Gasteiger partial charge is 0.314 e. The van der Waals surface area contributed by atoms with Gasteiger partial charge < -0.3 is 14.4 Å². The third-order valence-electron chi connectivity index (χ3n) is 3.61. The van der Waals surface area contributed by atoms with E-state index in [0.717, 1.165) is 5.56 Å². The Labute approximate surface area is 144 Å². The zero-order valence-electron chi connectivity index (χ0n) is 13.2. The topological polar surface area (TPSA) is 79.8 Å². The van der Waals surface area contributed by atoms with E-state index in [1.165, 1.54) is 6.07 Å². The molecule has 0 unspecified atom stereocenters. The number of phenols is 1. The van der Waals surface area contributed by atoms with Crippen molar-refractivity contribution in [2.75, 3.05) is 14.1 Å². The van der Waals surface area contributed by atoms with Crippen LogP contribution >= 0.6 is 12.4 Å². The van der Waals surface area contributed by atoms with Gasteiger partial charge in [0.15, 0.2) is 5.75 Å². The number of nitro benzene ring substituents is 1. The Bertz CT molecular complexity index is 875. The molecule has 1 heterocycles. The molecule has 1 aromatic heterocycles. The largest absolute Gasteiger partial charge is 0.502 e. The summed E-state index contributed by atoms with van der Waals surface area (Å²) in [6.45, 7) is 0.373. The maximum Gasteiger partial charge on any atom is 0.314 e. The minimum absolute atomic E-state index is 0. The highest BCUT2D eigenvalue weighted by atomic mass is 35.5. The monoisotopic (exact) mass is 348 g/mol. The quantitative estimate of drug-likeness (QED) is 0.564. The van der Waals surface area contributed by atoms with Gasteiger partial charge in [0.25, 0.3) is 0 Å². The molecule has 0 fully saturated rings. The fraction of sp³-hybridized carbons (Fsp3) is 0.176. The molecule has 0 spiro atoms. The van der Waals surface area contributed by atoms with Gasteiger partial charge in [0.2, 0.25) is 0 Å². The predicted octanol–water partition coefficient (Wildman–Crippen LogP) is 4.20. The number of nitrogens with zero attached hydrogens (tertiary/aromatic N) is 2. The summed E-state index contributed by atoms with van der Waals surface area (Å²) in [4.78, 5) is 12.4. The van der Waals surface area contributed by atoms with Crippen LogP contribution in [-0.2, 0) is 6.54 Å². The summed E-state index contributed by atoms with van der Waals surface area (Å²) in [5.74, 6) is 0.303. The van der Waals surface area contributed by atoms with Gasteiger partial charge in [-0.3, -0.25) is 10.1 Å². The van der Waals surface area contributed by atoms with Crippen LogP contribution in [0.1, 0.15) is 5.56 Å². The van der Waals surface area contributed by atoms with E-state index < -0.39 is 4.92 Å². The van der Waals surface area contributed by atoms with E-state index in [1.807, 2.05) is 55.4 Å². The van der Waals surface area contributed by atoms with Crippen molar-refractivity contribution in [3.63, 3.8) is 0 Å². The van der Waals surface area contributed by atoms with Gasteiger partial charge in [0.1, 0.15) is 11.3 Å².